The molecule has 1 unspecified atom stereocenters. The van der Waals surface area contributed by atoms with E-state index in [9.17, 15) is 14.7 Å². The quantitative estimate of drug-likeness (QED) is 0.585. The molecule has 0 aliphatic carbocycles. The van der Waals surface area contributed by atoms with Crippen LogP contribution in [0.5, 0.6) is 0 Å². The minimum Gasteiger partial charge on any atom is -0.375 e. The number of nitrogens with zero attached hydrogens (tertiary/aromatic N) is 1. The average molecular weight is 426 g/mol. The molecule has 0 aromatic heterocycles. The van der Waals surface area contributed by atoms with Crippen molar-refractivity contribution in [3.8, 4) is 0 Å². The van der Waals surface area contributed by atoms with Gasteiger partial charge in [-0.25, -0.2) is 0 Å². The largest absolute Gasteiger partial charge is 0.375 e. The molecule has 3 aromatic rings. The maximum Gasteiger partial charge on any atom is 0.264 e. The highest BCUT2D eigenvalue weighted by atomic mass is 35.5. The molecule has 1 heterocycles. The number of ketones is 1. The number of carbonyl (C=O) groups excluding carboxylic acids is 2. The molecule has 1 aliphatic heterocycles. The number of carbonyl (C=O) groups is 2. The summed E-state index contributed by atoms with van der Waals surface area (Å²) in [4.78, 5) is 27.6. The maximum atomic E-state index is 13.3. The van der Waals surface area contributed by atoms with Gasteiger partial charge in [-0.2, -0.15) is 0 Å². The Kier molecular flexibility index (Phi) is 5.17. The zero-order valence-electron chi connectivity index (χ0n) is 15.3. The molecular formula is C23H17Cl2NO3. The first kappa shape index (κ1) is 19.6. The number of halogens is 2. The van der Waals surface area contributed by atoms with Gasteiger partial charge in [0.2, 0.25) is 0 Å². The van der Waals surface area contributed by atoms with Crippen LogP contribution in [0.25, 0.3) is 0 Å². The van der Waals surface area contributed by atoms with E-state index in [2.05, 4.69) is 0 Å². The Labute approximate surface area is 178 Å². The number of anilines is 1. The Balaban J connectivity index is 1.69. The van der Waals surface area contributed by atoms with Crippen molar-refractivity contribution in [2.45, 2.75) is 18.6 Å². The van der Waals surface area contributed by atoms with Crippen molar-refractivity contribution in [2.75, 3.05) is 4.90 Å². The van der Waals surface area contributed by atoms with Gasteiger partial charge >= 0.3 is 0 Å². The van der Waals surface area contributed by atoms with Crippen molar-refractivity contribution in [2.24, 2.45) is 0 Å². The Morgan fingerprint density at radius 3 is 2.31 bits per heavy atom. The summed E-state index contributed by atoms with van der Waals surface area (Å²) in [5.74, 6) is -0.882. The van der Waals surface area contributed by atoms with Crippen molar-refractivity contribution in [1.82, 2.24) is 0 Å². The number of rotatable bonds is 5. The van der Waals surface area contributed by atoms with Crippen LogP contribution >= 0.6 is 23.2 Å². The van der Waals surface area contributed by atoms with Crippen molar-refractivity contribution < 1.29 is 14.7 Å². The zero-order chi connectivity index (χ0) is 20.6. The van der Waals surface area contributed by atoms with Gasteiger partial charge in [-0.05, 0) is 42.0 Å². The topological polar surface area (TPSA) is 57.6 Å². The van der Waals surface area contributed by atoms with E-state index in [0.717, 1.165) is 5.56 Å². The molecule has 0 spiro atoms. The molecule has 146 valence electrons. The van der Waals surface area contributed by atoms with Crippen LogP contribution in [0.1, 0.15) is 27.9 Å². The number of Topliss-reactive ketones (excluding diaryl/α,β-unsaturated/α-hetero) is 1. The first-order valence-electron chi connectivity index (χ1n) is 9.06. The lowest BCUT2D eigenvalue weighted by Crippen LogP contribution is -2.41. The SMILES string of the molecule is O=C(CC1(O)C(=O)N(Cc2ccccc2Cl)c2ccccc21)c1ccc(Cl)cc1. The van der Waals surface area contributed by atoms with Crippen LogP contribution in [0.3, 0.4) is 0 Å². The summed E-state index contributed by atoms with van der Waals surface area (Å²) in [6.45, 7) is 0.201. The van der Waals surface area contributed by atoms with Crippen LogP contribution in [-0.4, -0.2) is 16.8 Å². The van der Waals surface area contributed by atoms with E-state index in [-0.39, 0.29) is 18.7 Å². The molecule has 3 aromatic carbocycles. The monoisotopic (exact) mass is 425 g/mol. The lowest BCUT2D eigenvalue weighted by atomic mass is 9.88. The highest BCUT2D eigenvalue weighted by Crippen LogP contribution is 2.43. The van der Waals surface area contributed by atoms with Crippen LogP contribution in [0, 0.1) is 0 Å². The first-order chi connectivity index (χ1) is 13.9. The summed E-state index contributed by atoms with van der Waals surface area (Å²) in [7, 11) is 0. The van der Waals surface area contributed by atoms with Gasteiger partial charge in [0.1, 0.15) is 0 Å². The van der Waals surface area contributed by atoms with E-state index in [0.29, 0.717) is 26.9 Å². The normalized spacial score (nSPS) is 18.0. The molecule has 0 saturated carbocycles. The van der Waals surface area contributed by atoms with Gasteiger partial charge in [0.25, 0.3) is 5.91 Å². The fourth-order valence-electron chi connectivity index (χ4n) is 3.60. The van der Waals surface area contributed by atoms with Crippen LogP contribution < -0.4 is 4.90 Å². The second-order valence-electron chi connectivity index (χ2n) is 6.97. The number of para-hydroxylation sites is 1. The molecule has 4 nitrogen and oxygen atoms in total. The number of amides is 1. The summed E-state index contributed by atoms with van der Waals surface area (Å²) in [5.41, 5.74) is 0.195. The predicted octanol–water partition coefficient (Wildman–Crippen LogP) is 5.00. The molecule has 4 rings (SSSR count). The fraction of sp³-hybridized carbons (Fsp3) is 0.130. The third-order valence-electron chi connectivity index (χ3n) is 5.11. The summed E-state index contributed by atoms with van der Waals surface area (Å²) >= 11 is 12.1. The number of fused-ring (bicyclic) bond motifs is 1. The summed E-state index contributed by atoms with van der Waals surface area (Å²) in [5, 5.41) is 12.4. The molecule has 6 heteroatoms. The van der Waals surface area contributed by atoms with Crippen LogP contribution in [-0.2, 0) is 16.9 Å². The lowest BCUT2D eigenvalue weighted by Gasteiger charge is -2.23. The second kappa shape index (κ2) is 7.64. The standard InChI is InChI=1S/C23H17Cl2NO3/c24-17-11-9-15(10-12-17)21(27)13-23(29)18-6-2-4-8-20(18)26(22(23)28)14-16-5-1-3-7-19(16)25/h1-12,29H,13-14H2. The Morgan fingerprint density at radius 1 is 0.931 bits per heavy atom. The number of benzene rings is 3. The molecule has 0 bridgehead atoms. The first-order valence-corrected chi connectivity index (χ1v) is 9.82. The maximum absolute atomic E-state index is 13.3. The van der Waals surface area contributed by atoms with Gasteiger partial charge < -0.3 is 10.0 Å². The molecule has 1 amide bonds. The van der Waals surface area contributed by atoms with Crippen molar-refractivity contribution in [3.63, 3.8) is 0 Å². The molecule has 1 atom stereocenters. The smallest absolute Gasteiger partial charge is 0.264 e. The summed E-state index contributed by atoms with van der Waals surface area (Å²) in [6.07, 6.45) is -0.358. The van der Waals surface area contributed by atoms with Gasteiger partial charge in [0, 0.05) is 21.2 Å². The van der Waals surface area contributed by atoms with Gasteiger partial charge in [-0.1, -0.05) is 59.6 Å². The summed E-state index contributed by atoms with van der Waals surface area (Å²) in [6, 6.07) is 20.6. The van der Waals surface area contributed by atoms with Gasteiger partial charge in [-0.15, -0.1) is 0 Å². The van der Waals surface area contributed by atoms with Gasteiger partial charge in [0.05, 0.1) is 18.7 Å². The second-order valence-corrected chi connectivity index (χ2v) is 7.81. The number of hydrogen-bond acceptors (Lipinski definition) is 3. The Hall–Kier alpha value is -2.66. The van der Waals surface area contributed by atoms with E-state index < -0.39 is 11.5 Å². The van der Waals surface area contributed by atoms with Crippen molar-refractivity contribution >= 4 is 40.6 Å². The Bertz CT molecular complexity index is 1100. The van der Waals surface area contributed by atoms with Crippen LogP contribution in [0.2, 0.25) is 10.0 Å². The molecule has 1 aliphatic rings. The third-order valence-corrected chi connectivity index (χ3v) is 5.73. The summed E-state index contributed by atoms with van der Waals surface area (Å²) < 4.78 is 0. The molecule has 0 radical (unpaired) electrons. The van der Waals surface area contributed by atoms with Gasteiger partial charge in [0.15, 0.2) is 11.4 Å². The Morgan fingerprint density at radius 2 is 1.59 bits per heavy atom. The number of aliphatic hydroxyl groups is 1. The highest BCUT2D eigenvalue weighted by molar-refractivity contribution is 6.31. The molecule has 1 N–H and O–H groups in total. The predicted molar refractivity (Wildman–Crippen MR) is 113 cm³/mol. The molecule has 29 heavy (non-hydrogen) atoms. The molecular weight excluding hydrogens is 409 g/mol. The zero-order valence-corrected chi connectivity index (χ0v) is 16.8. The fourth-order valence-corrected chi connectivity index (χ4v) is 3.92. The molecule has 0 fully saturated rings. The average Bonchev–Trinajstić information content (AvgIpc) is 2.92. The minimum atomic E-state index is -1.94. The van der Waals surface area contributed by atoms with E-state index in [1.165, 1.54) is 4.90 Å². The van der Waals surface area contributed by atoms with E-state index in [1.54, 1.807) is 54.6 Å². The highest BCUT2D eigenvalue weighted by Gasteiger charge is 2.50. The van der Waals surface area contributed by atoms with Gasteiger partial charge in [-0.3, -0.25) is 9.59 Å². The number of hydrogen-bond donors (Lipinski definition) is 1. The van der Waals surface area contributed by atoms with E-state index in [4.69, 9.17) is 23.2 Å². The van der Waals surface area contributed by atoms with Crippen molar-refractivity contribution in [3.05, 3.63) is 99.5 Å². The van der Waals surface area contributed by atoms with E-state index >= 15 is 0 Å². The van der Waals surface area contributed by atoms with Crippen molar-refractivity contribution in [1.29, 1.82) is 0 Å². The van der Waals surface area contributed by atoms with Crippen LogP contribution in [0.15, 0.2) is 72.8 Å². The van der Waals surface area contributed by atoms with E-state index in [1.807, 2.05) is 18.2 Å². The minimum absolute atomic E-state index is 0.201. The van der Waals surface area contributed by atoms with Crippen LogP contribution in [0.4, 0.5) is 5.69 Å². The molecule has 0 saturated heterocycles. The lowest BCUT2D eigenvalue weighted by molar-refractivity contribution is -0.136. The third kappa shape index (κ3) is 3.55.